The van der Waals surface area contributed by atoms with Crippen molar-refractivity contribution in [3.8, 4) is 5.75 Å². The second-order valence-electron chi connectivity index (χ2n) is 9.72. The topological polar surface area (TPSA) is 101 Å². The van der Waals surface area contributed by atoms with Crippen molar-refractivity contribution in [3.05, 3.63) is 28.8 Å². The molecule has 5 nitrogen and oxygen atoms in total. The van der Waals surface area contributed by atoms with E-state index in [-0.39, 0.29) is 29.4 Å². The molecule has 2 unspecified atom stereocenters. The molecule has 4 atom stereocenters. The number of aromatic hydroxyl groups is 1. The van der Waals surface area contributed by atoms with Crippen molar-refractivity contribution in [1.82, 2.24) is 0 Å². The molecule has 4 aliphatic carbocycles. The van der Waals surface area contributed by atoms with Crippen LogP contribution in [0.2, 0.25) is 0 Å². The van der Waals surface area contributed by atoms with Crippen LogP contribution in [0.5, 0.6) is 5.75 Å². The minimum Gasteiger partial charge on any atom is -0.507 e. The zero-order valence-electron chi connectivity index (χ0n) is 16.2. The molecule has 0 spiro atoms. The molecule has 0 heterocycles. The average Bonchev–Trinajstić information content (AvgIpc) is 2.59. The van der Waals surface area contributed by atoms with E-state index < -0.39 is 16.9 Å². The number of rotatable bonds is 3. The van der Waals surface area contributed by atoms with Crippen LogP contribution in [-0.4, -0.2) is 27.5 Å². The Balaban J connectivity index is 1.66. The standard InChI is InChI=1S/C23H29NO4/c24-21(27)17-5-4-15-11-18-14(10-13-2-1-3-13)6-8-22(19(15)20(17)26)12-16(25)7-9-23(18,22)28/h4-5,13-14,18,26,28H,1-3,6-12H2,(H2,24,27)/t14?,18-,22?,23+/m0/s1. The molecule has 4 aliphatic rings. The Kier molecular flexibility index (Phi) is 3.93. The Morgan fingerprint density at radius 1 is 1.21 bits per heavy atom. The third-order valence-electron chi connectivity index (χ3n) is 8.55. The van der Waals surface area contributed by atoms with Gasteiger partial charge in [-0.3, -0.25) is 9.59 Å². The van der Waals surface area contributed by atoms with Gasteiger partial charge in [-0.2, -0.15) is 0 Å². The van der Waals surface area contributed by atoms with E-state index in [0.717, 1.165) is 24.3 Å². The quantitative estimate of drug-likeness (QED) is 0.747. The summed E-state index contributed by atoms with van der Waals surface area (Å²) in [6.45, 7) is 0. The molecule has 0 saturated heterocycles. The van der Waals surface area contributed by atoms with Crippen molar-refractivity contribution in [2.75, 3.05) is 0 Å². The Morgan fingerprint density at radius 3 is 2.68 bits per heavy atom. The van der Waals surface area contributed by atoms with Crippen molar-refractivity contribution in [3.63, 3.8) is 0 Å². The molecule has 0 aromatic heterocycles. The van der Waals surface area contributed by atoms with Crippen molar-refractivity contribution < 1.29 is 19.8 Å². The Hall–Kier alpha value is -1.88. The number of amides is 1. The van der Waals surface area contributed by atoms with Crippen molar-refractivity contribution in [1.29, 1.82) is 0 Å². The Labute approximate surface area is 165 Å². The van der Waals surface area contributed by atoms with Crippen LogP contribution in [0.25, 0.3) is 0 Å². The van der Waals surface area contributed by atoms with Crippen LogP contribution in [0.4, 0.5) is 0 Å². The molecule has 1 aromatic rings. The first-order valence-electron chi connectivity index (χ1n) is 10.7. The first-order valence-corrected chi connectivity index (χ1v) is 10.7. The molecule has 1 aromatic carbocycles. The van der Waals surface area contributed by atoms with E-state index in [9.17, 15) is 19.8 Å². The van der Waals surface area contributed by atoms with E-state index in [1.165, 1.54) is 19.3 Å². The first kappa shape index (κ1) is 18.2. The van der Waals surface area contributed by atoms with Crippen LogP contribution in [0.15, 0.2) is 12.1 Å². The van der Waals surface area contributed by atoms with Gasteiger partial charge in [0.25, 0.3) is 5.91 Å². The highest BCUT2D eigenvalue weighted by atomic mass is 16.3. The molecule has 150 valence electrons. The molecule has 28 heavy (non-hydrogen) atoms. The summed E-state index contributed by atoms with van der Waals surface area (Å²) in [5.74, 6) is 0.692. The molecule has 3 saturated carbocycles. The lowest BCUT2D eigenvalue weighted by Crippen LogP contribution is -2.67. The van der Waals surface area contributed by atoms with Gasteiger partial charge in [-0.25, -0.2) is 0 Å². The molecular formula is C23H29NO4. The maximum atomic E-state index is 12.5. The number of ketones is 1. The zero-order chi connectivity index (χ0) is 19.7. The lowest BCUT2D eigenvalue weighted by molar-refractivity contribution is -0.174. The molecule has 1 amide bonds. The maximum Gasteiger partial charge on any atom is 0.252 e. The minimum atomic E-state index is -0.992. The fourth-order valence-electron chi connectivity index (χ4n) is 6.99. The van der Waals surface area contributed by atoms with E-state index in [1.54, 1.807) is 6.07 Å². The second-order valence-corrected chi connectivity index (χ2v) is 9.72. The lowest BCUT2D eigenvalue weighted by atomic mass is 9.43. The van der Waals surface area contributed by atoms with Crippen molar-refractivity contribution >= 4 is 11.7 Å². The molecule has 4 N–H and O–H groups in total. The van der Waals surface area contributed by atoms with E-state index in [4.69, 9.17) is 5.73 Å². The normalized spacial score (nSPS) is 37.0. The van der Waals surface area contributed by atoms with Gasteiger partial charge in [0.1, 0.15) is 11.5 Å². The number of primary amides is 1. The summed E-state index contributed by atoms with van der Waals surface area (Å²) in [4.78, 5) is 24.4. The largest absolute Gasteiger partial charge is 0.507 e. The summed E-state index contributed by atoms with van der Waals surface area (Å²) in [5.41, 5.74) is 5.38. The fraction of sp³-hybridized carbons (Fsp3) is 0.652. The van der Waals surface area contributed by atoms with Crippen LogP contribution >= 0.6 is 0 Å². The number of hydrogen-bond donors (Lipinski definition) is 3. The molecule has 5 heteroatoms. The molecule has 0 aliphatic heterocycles. The number of nitrogens with two attached hydrogens (primary N) is 1. The summed E-state index contributed by atoms with van der Waals surface area (Å²) in [6, 6.07) is 3.48. The van der Waals surface area contributed by atoms with Gasteiger partial charge in [-0.1, -0.05) is 25.3 Å². The average molecular weight is 383 g/mol. The SMILES string of the molecule is NC(=O)c1ccc2c(c1O)C13CCC(CC4CCC4)[C@H](C2)[C@]1(O)CCC(=O)C3. The van der Waals surface area contributed by atoms with Gasteiger partial charge >= 0.3 is 0 Å². The van der Waals surface area contributed by atoms with Crippen molar-refractivity contribution in [2.24, 2.45) is 23.5 Å². The second kappa shape index (κ2) is 6.06. The number of phenols is 1. The van der Waals surface area contributed by atoms with Crippen LogP contribution in [-0.2, 0) is 16.6 Å². The maximum absolute atomic E-state index is 12.5. The third-order valence-corrected chi connectivity index (χ3v) is 8.55. The minimum absolute atomic E-state index is 0.0866. The summed E-state index contributed by atoms with van der Waals surface area (Å²) in [5, 5.41) is 23.1. The highest BCUT2D eigenvalue weighted by molar-refractivity contribution is 5.96. The van der Waals surface area contributed by atoms with Gasteiger partial charge < -0.3 is 15.9 Å². The predicted molar refractivity (Wildman–Crippen MR) is 104 cm³/mol. The van der Waals surface area contributed by atoms with Gasteiger partial charge in [0, 0.05) is 23.8 Å². The number of hydrogen-bond acceptors (Lipinski definition) is 4. The van der Waals surface area contributed by atoms with Crippen LogP contribution in [0.1, 0.15) is 79.3 Å². The first-order chi connectivity index (χ1) is 13.4. The van der Waals surface area contributed by atoms with Crippen molar-refractivity contribution in [2.45, 2.75) is 75.2 Å². The zero-order valence-corrected chi connectivity index (χ0v) is 16.2. The number of aliphatic hydroxyl groups is 1. The Bertz CT molecular complexity index is 860. The molecule has 5 rings (SSSR count). The van der Waals surface area contributed by atoms with E-state index in [1.807, 2.05) is 6.07 Å². The van der Waals surface area contributed by atoms with Gasteiger partial charge in [-0.15, -0.1) is 0 Å². The third kappa shape index (κ3) is 2.28. The Morgan fingerprint density at radius 2 is 2.00 bits per heavy atom. The predicted octanol–water partition coefficient (Wildman–Crippen LogP) is 2.99. The lowest BCUT2D eigenvalue weighted by Gasteiger charge is -2.63. The van der Waals surface area contributed by atoms with Gasteiger partial charge in [-0.05, 0) is 61.5 Å². The monoisotopic (exact) mass is 383 g/mol. The molecule has 3 fully saturated rings. The van der Waals surface area contributed by atoms with E-state index in [2.05, 4.69) is 0 Å². The van der Waals surface area contributed by atoms with Gasteiger partial charge in [0.15, 0.2) is 0 Å². The molecule has 0 radical (unpaired) electrons. The molecular weight excluding hydrogens is 354 g/mol. The summed E-state index contributed by atoms with van der Waals surface area (Å²) in [6.07, 6.45) is 8.53. The highest BCUT2D eigenvalue weighted by Crippen LogP contribution is 2.64. The number of benzene rings is 1. The highest BCUT2D eigenvalue weighted by Gasteiger charge is 2.65. The number of fused-ring (bicyclic) bond motifs is 1. The summed E-state index contributed by atoms with van der Waals surface area (Å²) < 4.78 is 0. The van der Waals surface area contributed by atoms with E-state index >= 15 is 0 Å². The fourth-order valence-corrected chi connectivity index (χ4v) is 6.99. The summed E-state index contributed by atoms with van der Waals surface area (Å²) >= 11 is 0. The van der Waals surface area contributed by atoms with Crippen LogP contribution in [0, 0.1) is 17.8 Å². The smallest absolute Gasteiger partial charge is 0.252 e. The number of carbonyl (C=O) groups is 2. The number of carbonyl (C=O) groups excluding carboxylic acids is 2. The van der Waals surface area contributed by atoms with Crippen LogP contribution in [0.3, 0.4) is 0 Å². The van der Waals surface area contributed by atoms with Gasteiger partial charge in [0.05, 0.1) is 11.2 Å². The number of Topliss-reactive ketones (excluding diaryl/α,β-unsaturated/α-hetero) is 1. The van der Waals surface area contributed by atoms with E-state index in [0.29, 0.717) is 37.2 Å². The van der Waals surface area contributed by atoms with Gasteiger partial charge in [0.2, 0.25) is 0 Å². The van der Waals surface area contributed by atoms with Crippen LogP contribution < -0.4 is 5.73 Å². The molecule has 2 bridgehead atoms. The summed E-state index contributed by atoms with van der Waals surface area (Å²) in [7, 11) is 0.